The molecule has 7 nitrogen and oxygen atoms in total. The predicted molar refractivity (Wildman–Crippen MR) is 105 cm³/mol. The van der Waals surface area contributed by atoms with Gasteiger partial charge >= 0.3 is 6.09 Å². The highest BCUT2D eigenvalue weighted by atomic mass is 19.1. The average Bonchev–Trinajstić information content (AvgIpc) is 2.64. The van der Waals surface area contributed by atoms with Gasteiger partial charge in [0.25, 0.3) is 5.91 Å². The van der Waals surface area contributed by atoms with Crippen LogP contribution in [0, 0.1) is 5.82 Å². The number of rotatable bonds is 6. The van der Waals surface area contributed by atoms with Crippen LogP contribution >= 0.6 is 0 Å². The Kier molecular flexibility index (Phi) is 7.35. The van der Waals surface area contributed by atoms with Crippen molar-refractivity contribution in [2.24, 2.45) is 0 Å². The molecule has 8 heteroatoms. The number of halogens is 1. The maximum absolute atomic E-state index is 13.2. The van der Waals surface area contributed by atoms with Gasteiger partial charge in [0.2, 0.25) is 0 Å². The number of benzene rings is 1. The van der Waals surface area contributed by atoms with E-state index in [0.29, 0.717) is 12.0 Å². The number of likely N-dealkylation sites (tertiary alicyclic amines) is 1. The minimum atomic E-state index is -1.63. The predicted octanol–water partition coefficient (Wildman–Crippen LogP) is 2.72. The first-order valence-electron chi connectivity index (χ1n) is 9.74. The Labute approximate surface area is 170 Å². The molecule has 2 rings (SSSR count). The van der Waals surface area contributed by atoms with Crippen LogP contribution in [0.2, 0.25) is 0 Å². The highest BCUT2D eigenvalue weighted by molar-refractivity contribution is 5.85. The van der Waals surface area contributed by atoms with E-state index in [-0.39, 0.29) is 32.4 Å². The van der Waals surface area contributed by atoms with Crippen LogP contribution in [-0.4, -0.2) is 52.6 Å². The van der Waals surface area contributed by atoms with Crippen LogP contribution in [0.25, 0.3) is 0 Å². The van der Waals surface area contributed by atoms with Crippen molar-refractivity contribution in [1.82, 2.24) is 10.2 Å². The second-order valence-corrected chi connectivity index (χ2v) is 8.32. The monoisotopic (exact) mass is 408 g/mol. The zero-order chi connectivity index (χ0) is 21.7. The normalized spacial score (nSPS) is 17.3. The van der Waals surface area contributed by atoms with Gasteiger partial charge in [-0.2, -0.15) is 0 Å². The summed E-state index contributed by atoms with van der Waals surface area (Å²) in [4.78, 5) is 37.2. The van der Waals surface area contributed by atoms with Gasteiger partial charge in [-0.15, -0.1) is 0 Å². The van der Waals surface area contributed by atoms with Crippen molar-refractivity contribution >= 4 is 18.3 Å². The topological polar surface area (TPSA) is 95.9 Å². The lowest BCUT2D eigenvalue weighted by molar-refractivity contribution is -0.145. The van der Waals surface area contributed by atoms with Gasteiger partial charge in [-0.3, -0.25) is 4.79 Å². The summed E-state index contributed by atoms with van der Waals surface area (Å²) in [6.45, 7) is 5.69. The van der Waals surface area contributed by atoms with Crippen LogP contribution in [0.15, 0.2) is 24.3 Å². The Morgan fingerprint density at radius 2 is 1.86 bits per heavy atom. The number of aldehydes is 1. The molecule has 1 aromatic rings. The smallest absolute Gasteiger partial charge is 0.410 e. The fourth-order valence-electron chi connectivity index (χ4n) is 3.16. The zero-order valence-corrected chi connectivity index (χ0v) is 17.1. The van der Waals surface area contributed by atoms with Gasteiger partial charge in [0.05, 0.1) is 6.04 Å². The second kappa shape index (κ2) is 9.35. The minimum Gasteiger partial charge on any atom is -0.444 e. The Balaban J connectivity index is 2.01. The molecule has 0 unspecified atom stereocenters. The van der Waals surface area contributed by atoms with Crippen LogP contribution in [0.1, 0.15) is 58.1 Å². The summed E-state index contributed by atoms with van der Waals surface area (Å²) in [6.07, 6.45) is 0.962. The largest absolute Gasteiger partial charge is 0.444 e. The number of ether oxygens (including phenoxy) is 1. The van der Waals surface area contributed by atoms with Gasteiger partial charge < -0.3 is 24.9 Å². The molecule has 2 N–H and O–H groups in total. The van der Waals surface area contributed by atoms with Gasteiger partial charge in [0, 0.05) is 32.4 Å². The molecule has 1 heterocycles. The molecule has 1 atom stereocenters. The summed E-state index contributed by atoms with van der Waals surface area (Å²) in [5.74, 6) is -0.969. The summed E-state index contributed by atoms with van der Waals surface area (Å²) < 4.78 is 18.5. The number of carbonyl (C=O) groups is 3. The van der Waals surface area contributed by atoms with Gasteiger partial charge in [-0.05, 0) is 44.9 Å². The van der Waals surface area contributed by atoms with Crippen molar-refractivity contribution in [3.05, 3.63) is 35.6 Å². The van der Waals surface area contributed by atoms with Crippen molar-refractivity contribution in [1.29, 1.82) is 0 Å². The van der Waals surface area contributed by atoms with Crippen LogP contribution in [0.4, 0.5) is 9.18 Å². The Morgan fingerprint density at radius 3 is 2.38 bits per heavy atom. The zero-order valence-electron chi connectivity index (χ0n) is 17.1. The van der Waals surface area contributed by atoms with Gasteiger partial charge in [-0.1, -0.05) is 12.1 Å². The number of piperidine rings is 1. The lowest BCUT2D eigenvalue weighted by Gasteiger charge is -2.38. The van der Waals surface area contributed by atoms with Gasteiger partial charge in [0.15, 0.2) is 0 Å². The molecule has 29 heavy (non-hydrogen) atoms. The molecule has 0 spiro atoms. The first kappa shape index (κ1) is 22.8. The first-order valence-corrected chi connectivity index (χ1v) is 9.74. The quantitative estimate of drug-likeness (QED) is 0.706. The van der Waals surface area contributed by atoms with Crippen LogP contribution in [0.5, 0.6) is 0 Å². The molecular weight excluding hydrogens is 379 g/mol. The molecule has 1 aromatic carbocycles. The third-order valence-electron chi connectivity index (χ3n) is 4.82. The summed E-state index contributed by atoms with van der Waals surface area (Å²) in [6, 6.07) is 5.12. The molecule has 1 aliphatic rings. The summed E-state index contributed by atoms with van der Waals surface area (Å²) in [7, 11) is 0. The molecule has 0 aromatic heterocycles. The maximum atomic E-state index is 13.2. The van der Waals surface area contributed by atoms with E-state index in [4.69, 9.17) is 4.74 Å². The molecule has 1 saturated heterocycles. The number of hydrogen-bond donors (Lipinski definition) is 2. The molecule has 0 saturated carbocycles. The SMILES string of the molecule is CC(C)(C)OC(=O)N1CCC(O)(C(=O)N[C@H](CCC=O)c2ccc(F)cc2)CC1. The number of amides is 2. The lowest BCUT2D eigenvalue weighted by Crippen LogP contribution is -2.55. The van der Waals surface area contributed by atoms with E-state index in [2.05, 4.69) is 5.32 Å². The van der Waals surface area contributed by atoms with Crippen molar-refractivity contribution < 1.29 is 28.6 Å². The van der Waals surface area contributed by atoms with Crippen molar-refractivity contribution in [3.8, 4) is 0 Å². The van der Waals surface area contributed by atoms with Crippen molar-refractivity contribution in [2.45, 2.75) is 63.7 Å². The van der Waals surface area contributed by atoms with Crippen LogP contribution < -0.4 is 5.32 Å². The molecular formula is C21H29FN2O5. The minimum absolute atomic E-state index is 0.0713. The molecule has 160 valence electrons. The fourth-order valence-corrected chi connectivity index (χ4v) is 3.16. The molecule has 0 radical (unpaired) electrons. The van der Waals surface area contributed by atoms with E-state index >= 15 is 0 Å². The van der Waals surface area contributed by atoms with Crippen LogP contribution in [-0.2, 0) is 14.3 Å². The number of hydrogen-bond acceptors (Lipinski definition) is 5. The van der Waals surface area contributed by atoms with E-state index in [0.717, 1.165) is 6.29 Å². The molecule has 0 bridgehead atoms. The van der Waals surface area contributed by atoms with Crippen molar-refractivity contribution in [3.63, 3.8) is 0 Å². The maximum Gasteiger partial charge on any atom is 0.410 e. The number of aliphatic hydroxyl groups is 1. The van der Waals surface area contributed by atoms with E-state index in [1.165, 1.54) is 17.0 Å². The molecule has 1 aliphatic heterocycles. The Morgan fingerprint density at radius 1 is 1.28 bits per heavy atom. The van der Waals surface area contributed by atoms with E-state index in [1.54, 1.807) is 32.9 Å². The van der Waals surface area contributed by atoms with E-state index in [1.807, 2.05) is 0 Å². The van der Waals surface area contributed by atoms with Gasteiger partial charge in [-0.25, -0.2) is 9.18 Å². The summed E-state index contributed by atoms with van der Waals surface area (Å²) in [5, 5.41) is 13.6. The summed E-state index contributed by atoms with van der Waals surface area (Å²) in [5.41, 5.74) is -1.60. The number of carbonyl (C=O) groups excluding carboxylic acids is 3. The van der Waals surface area contributed by atoms with E-state index in [9.17, 15) is 23.9 Å². The third-order valence-corrected chi connectivity index (χ3v) is 4.82. The number of nitrogens with one attached hydrogen (secondary N) is 1. The molecule has 0 aliphatic carbocycles. The molecule has 1 fully saturated rings. The highest BCUT2D eigenvalue weighted by Gasteiger charge is 2.41. The lowest BCUT2D eigenvalue weighted by atomic mass is 9.89. The standard InChI is InChI=1S/C21H29FN2O5/c1-20(2,3)29-19(27)24-12-10-21(28,11-13-24)18(26)23-17(5-4-14-25)15-6-8-16(22)9-7-15/h6-9,14,17,28H,4-5,10-13H2,1-3H3,(H,23,26)/t17-/m1/s1. The van der Waals surface area contributed by atoms with Crippen molar-refractivity contribution in [2.75, 3.05) is 13.1 Å². The average molecular weight is 408 g/mol. The molecule has 2 amide bonds. The van der Waals surface area contributed by atoms with E-state index < -0.39 is 35.1 Å². The Hall–Kier alpha value is -2.48. The summed E-state index contributed by atoms with van der Waals surface area (Å²) >= 11 is 0. The second-order valence-electron chi connectivity index (χ2n) is 8.32. The first-order chi connectivity index (χ1) is 13.5. The van der Waals surface area contributed by atoms with Crippen LogP contribution in [0.3, 0.4) is 0 Å². The third kappa shape index (κ3) is 6.52. The highest BCUT2D eigenvalue weighted by Crippen LogP contribution is 2.26. The number of nitrogens with zero attached hydrogens (tertiary/aromatic N) is 1. The fraction of sp³-hybridized carbons (Fsp3) is 0.571. The van der Waals surface area contributed by atoms with Gasteiger partial charge in [0.1, 0.15) is 23.3 Å². The Bertz CT molecular complexity index is 722.